The summed E-state index contributed by atoms with van der Waals surface area (Å²) in [7, 11) is 2.25. The van der Waals surface area contributed by atoms with Crippen molar-refractivity contribution in [1.82, 2.24) is 5.32 Å². The first-order valence-electron chi connectivity index (χ1n) is 11.1. The number of rotatable bonds is 18. The van der Waals surface area contributed by atoms with Crippen LogP contribution in [0.5, 0.6) is 0 Å². The Morgan fingerprint density at radius 2 is 1.21 bits per heavy atom. The Kier molecular flexibility index (Phi) is 16.9. The summed E-state index contributed by atoms with van der Waals surface area (Å²) in [5.41, 5.74) is -0.0177. The molecule has 0 spiro atoms. The van der Waals surface area contributed by atoms with Gasteiger partial charge in [-0.1, -0.05) is 19.7 Å². The summed E-state index contributed by atoms with van der Waals surface area (Å²) in [5.74, 6) is -3.94. The van der Waals surface area contributed by atoms with Gasteiger partial charge in [0.05, 0.1) is 51.4 Å². The van der Waals surface area contributed by atoms with E-state index in [9.17, 15) is 28.8 Å². The molecule has 1 amide bonds. The van der Waals surface area contributed by atoms with Gasteiger partial charge in [0.2, 0.25) is 0 Å². The number of hydrogen-bond donors (Lipinski definition) is 1. The lowest BCUT2D eigenvalue weighted by Gasteiger charge is -2.17. The number of alkyl carbamates (subject to hydrolysis) is 1. The van der Waals surface area contributed by atoms with Crippen LogP contribution in [0.3, 0.4) is 0 Å². The molecular formula is C24H33NO13. The third-order valence-electron chi connectivity index (χ3n) is 4.15. The third kappa shape index (κ3) is 15.7. The van der Waals surface area contributed by atoms with E-state index < -0.39 is 68.1 Å². The summed E-state index contributed by atoms with van der Waals surface area (Å²) >= 11 is 0. The average molecular weight is 544 g/mol. The Bertz CT molecular complexity index is 863. The van der Waals surface area contributed by atoms with Crippen molar-refractivity contribution in [3.05, 3.63) is 36.5 Å². The highest BCUT2D eigenvalue weighted by Gasteiger charge is 2.24. The van der Waals surface area contributed by atoms with E-state index in [0.29, 0.717) is 0 Å². The molecule has 0 heterocycles. The van der Waals surface area contributed by atoms with Gasteiger partial charge in [-0.05, 0) is 6.92 Å². The van der Waals surface area contributed by atoms with E-state index in [1.807, 2.05) is 0 Å². The first kappa shape index (κ1) is 33.8. The molecule has 212 valence electrons. The van der Waals surface area contributed by atoms with Crippen LogP contribution in [-0.4, -0.2) is 95.8 Å². The minimum atomic E-state index is -1.32. The molecule has 0 aromatic carbocycles. The molecule has 14 nitrogen and oxygen atoms in total. The van der Waals surface area contributed by atoms with Crippen molar-refractivity contribution < 1.29 is 61.9 Å². The van der Waals surface area contributed by atoms with Crippen LogP contribution in [0.2, 0.25) is 0 Å². The molecular weight excluding hydrogens is 510 g/mol. The van der Waals surface area contributed by atoms with Gasteiger partial charge in [0, 0.05) is 12.1 Å². The van der Waals surface area contributed by atoms with Crippen molar-refractivity contribution in [3.8, 4) is 0 Å². The van der Waals surface area contributed by atoms with Crippen LogP contribution in [0.25, 0.3) is 0 Å². The molecule has 0 rings (SSSR count). The van der Waals surface area contributed by atoms with E-state index in [1.165, 1.54) is 6.92 Å². The third-order valence-corrected chi connectivity index (χ3v) is 4.15. The molecule has 0 atom stereocenters. The number of nitrogens with one attached hydrogen (secondary N) is 1. The molecule has 14 heteroatoms. The zero-order valence-corrected chi connectivity index (χ0v) is 21.7. The molecule has 1 N–H and O–H groups in total. The molecule has 0 aromatic rings. The quantitative estimate of drug-likeness (QED) is 0.110. The van der Waals surface area contributed by atoms with Crippen LogP contribution in [0.1, 0.15) is 19.8 Å². The fourth-order valence-corrected chi connectivity index (χ4v) is 2.22. The summed E-state index contributed by atoms with van der Waals surface area (Å²) < 4.78 is 33.8. The van der Waals surface area contributed by atoms with Crippen LogP contribution in [-0.2, 0) is 57.1 Å². The van der Waals surface area contributed by atoms with Gasteiger partial charge in [-0.3, -0.25) is 9.59 Å². The molecule has 0 bridgehead atoms. The first-order valence-corrected chi connectivity index (χ1v) is 11.1. The minimum Gasteiger partial charge on any atom is -0.466 e. The van der Waals surface area contributed by atoms with Gasteiger partial charge in [0.1, 0.15) is 25.9 Å². The highest BCUT2D eigenvalue weighted by molar-refractivity contribution is 5.89. The predicted octanol–water partition coefficient (Wildman–Crippen LogP) is 0.542. The second-order valence-corrected chi connectivity index (χ2v) is 7.40. The monoisotopic (exact) mass is 543 g/mol. The van der Waals surface area contributed by atoms with Crippen molar-refractivity contribution in [2.24, 2.45) is 0 Å². The predicted molar refractivity (Wildman–Crippen MR) is 128 cm³/mol. The molecule has 0 saturated carbocycles. The lowest BCUT2D eigenvalue weighted by molar-refractivity contribution is -0.149. The Morgan fingerprint density at radius 3 is 1.66 bits per heavy atom. The number of amides is 1. The van der Waals surface area contributed by atoms with Gasteiger partial charge < -0.3 is 38.5 Å². The van der Waals surface area contributed by atoms with Crippen molar-refractivity contribution in [3.63, 3.8) is 0 Å². The van der Waals surface area contributed by atoms with Crippen molar-refractivity contribution in [1.29, 1.82) is 0 Å². The number of esters is 5. The van der Waals surface area contributed by atoms with Gasteiger partial charge >= 0.3 is 35.9 Å². The summed E-state index contributed by atoms with van der Waals surface area (Å²) in [5, 5.41) is 2.36. The van der Waals surface area contributed by atoms with Crippen LogP contribution in [0.15, 0.2) is 36.5 Å². The van der Waals surface area contributed by atoms with Crippen molar-refractivity contribution in [2.75, 3.05) is 53.8 Å². The average Bonchev–Trinajstić information content (AvgIpc) is 2.88. The Morgan fingerprint density at radius 1 is 0.711 bits per heavy atom. The van der Waals surface area contributed by atoms with Crippen molar-refractivity contribution in [2.45, 2.75) is 25.9 Å². The van der Waals surface area contributed by atoms with E-state index >= 15 is 0 Å². The Balaban J connectivity index is 4.76. The molecule has 0 aliphatic heterocycles. The largest absolute Gasteiger partial charge is 0.466 e. The summed E-state index contributed by atoms with van der Waals surface area (Å²) in [6.45, 7) is 10.9. The van der Waals surface area contributed by atoms with E-state index in [-0.39, 0.29) is 43.1 Å². The molecule has 38 heavy (non-hydrogen) atoms. The highest BCUT2D eigenvalue weighted by atomic mass is 16.6. The fraction of sp³-hybridized carbons (Fsp3) is 0.500. The maximum atomic E-state index is 12.2. The van der Waals surface area contributed by atoms with E-state index in [0.717, 1.165) is 14.2 Å². The van der Waals surface area contributed by atoms with Gasteiger partial charge in [-0.25, -0.2) is 19.2 Å². The zero-order valence-electron chi connectivity index (χ0n) is 21.7. The Hall–Kier alpha value is -4.20. The highest BCUT2D eigenvalue weighted by Crippen LogP contribution is 2.10. The number of hydrogen-bond acceptors (Lipinski definition) is 13. The van der Waals surface area contributed by atoms with E-state index in [2.05, 4.69) is 34.5 Å². The zero-order chi connectivity index (χ0) is 29.1. The Labute approximate surface area is 219 Å². The summed E-state index contributed by atoms with van der Waals surface area (Å²) in [6, 6.07) is 0. The molecule has 0 aliphatic carbocycles. The van der Waals surface area contributed by atoms with Crippen LogP contribution in [0.4, 0.5) is 4.79 Å². The van der Waals surface area contributed by atoms with Crippen LogP contribution >= 0.6 is 0 Å². The van der Waals surface area contributed by atoms with Crippen LogP contribution < -0.4 is 5.32 Å². The number of ether oxygens (including phenoxy) is 7. The molecule has 0 fully saturated rings. The van der Waals surface area contributed by atoms with Gasteiger partial charge in [0.15, 0.2) is 0 Å². The second kappa shape index (κ2) is 19.0. The lowest BCUT2D eigenvalue weighted by Crippen LogP contribution is -2.34. The van der Waals surface area contributed by atoms with Crippen LogP contribution in [0, 0.1) is 0 Å². The molecule has 0 aliphatic rings. The van der Waals surface area contributed by atoms with E-state index in [4.69, 9.17) is 23.7 Å². The lowest BCUT2D eigenvalue weighted by atomic mass is 10.2. The van der Waals surface area contributed by atoms with Gasteiger partial charge in [0.25, 0.3) is 0 Å². The molecule has 0 unspecified atom stereocenters. The molecule has 0 aromatic heterocycles. The van der Waals surface area contributed by atoms with E-state index in [1.54, 1.807) is 0 Å². The normalized spacial score (nSPS) is 10.0. The number of carbonyl (C=O) groups excluding carboxylic acids is 6. The van der Waals surface area contributed by atoms with Gasteiger partial charge in [-0.2, -0.15) is 0 Å². The SMILES string of the molecule is C=C(C)C(=O)OCCOCCNC(=O)OC(CC(=O)OCC(=C)C(=O)OC)CC(=O)OCC(=C)C(=O)OC. The maximum absolute atomic E-state index is 12.2. The molecule has 0 radical (unpaired) electrons. The standard InChI is InChI=1S/C24H33NO13/c1-15(2)21(28)35-10-9-34-8-7-25-24(31)38-18(11-19(26)36-13-16(3)22(29)32-5)12-20(27)37-14-17(4)23(30)33-6/h18H,1,3-4,7-14H2,2,5-6H3,(H,25,31). The maximum Gasteiger partial charge on any atom is 0.407 e. The topological polar surface area (TPSA) is 179 Å². The summed E-state index contributed by atoms with van der Waals surface area (Å²) in [4.78, 5) is 70.4. The number of methoxy groups -OCH3 is 2. The smallest absolute Gasteiger partial charge is 0.407 e. The first-order chi connectivity index (χ1) is 17.9. The summed E-state index contributed by atoms with van der Waals surface area (Å²) in [6.07, 6.45) is -3.44. The minimum absolute atomic E-state index is 0.00671. The fourth-order valence-electron chi connectivity index (χ4n) is 2.22. The van der Waals surface area contributed by atoms with Crippen molar-refractivity contribution >= 4 is 35.9 Å². The molecule has 0 saturated heterocycles. The second-order valence-electron chi connectivity index (χ2n) is 7.40. The van der Waals surface area contributed by atoms with Gasteiger partial charge in [-0.15, -0.1) is 0 Å². The number of carbonyl (C=O) groups is 6.